The Kier molecular flexibility index (Phi) is 5.44. The maximum absolute atomic E-state index is 12.7. The van der Waals surface area contributed by atoms with E-state index in [1.54, 1.807) is 48.6 Å². The van der Waals surface area contributed by atoms with Crippen molar-refractivity contribution in [1.82, 2.24) is 0 Å². The second-order valence-corrected chi connectivity index (χ2v) is 8.59. The topological polar surface area (TPSA) is 118 Å². The van der Waals surface area contributed by atoms with Crippen molar-refractivity contribution in [3.8, 4) is 0 Å². The molecule has 8 heteroatoms. The Morgan fingerprint density at radius 1 is 0.389 bits per heavy atom. The first-order valence-corrected chi connectivity index (χ1v) is 11.2. The molecule has 5 aliphatic heterocycles. The van der Waals surface area contributed by atoms with Crippen molar-refractivity contribution in [2.45, 2.75) is 27.7 Å². The number of carbonyl (C=O) groups is 4. The average Bonchev–Trinajstić information content (AvgIpc) is 3.57. The molecule has 36 heavy (non-hydrogen) atoms. The number of hydrogen-bond acceptors (Lipinski definition) is 8. The Morgan fingerprint density at radius 3 is 0.750 bits per heavy atom. The SMILES string of the molecule is CC(=O)C1=C2C=CC(=N2)C(C(C)=O)=C2C=CC(=N2)C(C(C)=O)=C2C=CC(=N2)C(C(C)=O)=C2C=CC1=N2. The first kappa shape index (κ1) is 23.0. The third kappa shape index (κ3) is 3.73. The zero-order valence-electron chi connectivity index (χ0n) is 20.0. The lowest BCUT2D eigenvalue weighted by molar-refractivity contribution is -0.114. The predicted octanol–water partition coefficient (Wildman–Crippen LogP) is 3.42. The molecule has 176 valence electrons. The van der Waals surface area contributed by atoms with Crippen molar-refractivity contribution in [3.05, 3.63) is 93.7 Å². The summed E-state index contributed by atoms with van der Waals surface area (Å²) in [5, 5.41) is 0. The molecule has 8 nitrogen and oxygen atoms in total. The Balaban J connectivity index is 1.88. The highest BCUT2D eigenvalue weighted by Crippen LogP contribution is 2.30. The van der Waals surface area contributed by atoms with Crippen LogP contribution in [-0.4, -0.2) is 46.0 Å². The highest BCUT2D eigenvalue weighted by molar-refractivity contribution is 6.34. The number of hydrogen-bond donors (Lipinski definition) is 0. The van der Waals surface area contributed by atoms with E-state index in [0.717, 1.165) is 0 Å². The van der Waals surface area contributed by atoms with E-state index in [9.17, 15) is 19.2 Å². The fourth-order valence-corrected chi connectivity index (χ4v) is 4.53. The van der Waals surface area contributed by atoms with E-state index in [0.29, 0.717) is 45.6 Å². The molecule has 0 amide bonds. The fraction of sp³-hybridized carbons (Fsp3) is 0.143. The highest BCUT2D eigenvalue weighted by atomic mass is 16.1. The molecule has 0 unspecified atom stereocenters. The van der Waals surface area contributed by atoms with Crippen molar-refractivity contribution in [2.75, 3.05) is 0 Å². The number of nitrogens with zero attached hydrogens (tertiary/aromatic N) is 4. The summed E-state index contributed by atoms with van der Waals surface area (Å²) in [6.07, 6.45) is 13.2. The maximum atomic E-state index is 12.7. The normalized spacial score (nSPS) is 19.9. The minimum Gasteiger partial charge on any atom is -0.294 e. The van der Waals surface area contributed by atoms with Crippen LogP contribution >= 0.6 is 0 Å². The zero-order valence-corrected chi connectivity index (χ0v) is 20.0. The standard InChI is InChI=1S/C28H20N4O4/c1-13(33)25-17-5-7-19(29-17)26(14(2)34)21-9-11-23(31-21)28(16(4)36)24-12-10-22(32-24)27(15(3)35)20-8-6-18(25)30-20/h5-12H,1-4H3. The molecule has 0 N–H and O–H groups in total. The molecule has 8 bridgehead atoms. The molecular weight excluding hydrogens is 456 g/mol. The van der Waals surface area contributed by atoms with Gasteiger partial charge in [-0.05, 0) is 76.3 Å². The minimum absolute atomic E-state index is 0.262. The zero-order chi connectivity index (χ0) is 25.7. The number of Topliss-reactive ketones (excluding diaryl/α,β-unsaturated/α-hetero) is 4. The third-order valence-corrected chi connectivity index (χ3v) is 6.02. The molecule has 0 aromatic heterocycles. The highest BCUT2D eigenvalue weighted by Gasteiger charge is 2.29. The molecule has 0 aromatic rings. The van der Waals surface area contributed by atoms with Gasteiger partial charge in [0.15, 0.2) is 23.1 Å². The van der Waals surface area contributed by atoms with Gasteiger partial charge >= 0.3 is 0 Å². The van der Waals surface area contributed by atoms with Crippen molar-refractivity contribution in [2.24, 2.45) is 20.0 Å². The van der Waals surface area contributed by atoms with Crippen LogP contribution in [0.2, 0.25) is 0 Å². The number of fused-ring (bicyclic) bond motifs is 4. The maximum Gasteiger partial charge on any atom is 0.164 e. The largest absolute Gasteiger partial charge is 0.294 e. The Morgan fingerprint density at radius 2 is 0.583 bits per heavy atom. The molecule has 0 saturated carbocycles. The summed E-state index contributed by atoms with van der Waals surface area (Å²) in [7, 11) is 0. The van der Waals surface area contributed by atoms with Gasteiger partial charge in [-0.15, -0.1) is 0 Å². The molecule has 0 aromatic carbocycles. The van der Waals surface area contributed by atoms with Crippen LogP contribution in [0.25, 0.3) is 0 Å². The molecule has 0 radical (unpaired) electrons. The lowest BCUT2D eigenvalue weighted by atomic mass is 10.0. The van der Waals surface area contributed by atoms with Crippen LogP contribution in [0.15, 0.2) is 114 Å². The van der Waals surface area contributed by atoms with Gasteiger partial charge in [0.2, 0.25) is 0 Å². The van der Waals surface area contributed by atoms with Crippen LogP contribution in [0.1, 0.15) is 27.7 Å². The molecule has 0 spiro atoms. The van der Waals surface area contributed by atoms with E-state index in [1.807, 2.05) is 0 Å². The average molecular weight is 476 g/mol. The second-order valence-electron chi connectivity index (χ2n) is 8.59. The van der Waals surface area contributed by atoms with Gasteiger partial charge in [-0.1, -0.05) is 0 Å². The number of allylic oxidation sites excluding steroid dienone is 12. The first-order chi connectivity index (χ1) is 17.2. The predicted molar refractivity (Wildman–Crippen MR) is 137 cm³/mol. The van der Waals surface area contributed by atoms with Gasteiger partial charge in [0, 0.05) is 0 Å². The Labute approximate surface area is 206 Å². The summed E-state index contributed by atoms with van der Waals surface area (Å²) in [5.74, 6) is -1.05. The lowest BCUT2D eigenvalue weighted by Gasteiger charge is -2.07. The molecular formula is C28H20N4O4. The van der Waals surface area contributed by atoms with E-state index in [-0.39, 0.29) is 45.4 Å². The van der Waals surface area contributed by atoms with Crippen molar-refractivity contribution in [1.29, 1.82) is 0 Å². The first-order valence-electron chi connectivity index (χ1n) is 11.2. The Hall–Kier alpha value is -4.72. The molecule has 5 aliphatic rings. The fourth-order valence-electron chi connectivity index (χ4n) is 4.53. The van der Waals surface area contributed by atoms with Crippen molar-refractivity contribution >= 4 is 46.0 Å². The quantitative estimate of drug-likeness (QED) is 0.618. The number of carbonyl (C=O) groups excluding carboxylic acids is 4. The van der Waals surface area contributed by atoms with Gasteiger partial charge in [0.05, 0.1) is 67.9 Å². The van der Waals surface area contributed by atoms with Crippen LogP contribution in [-0.2, 0) is 19.2 Å². The third-order valence-electron chi connectivity index (χ3n) is 6.02. The van der Waals surface area contributed by atoms with Crippen molar-refractivity contribution in [3.63, 3.8) is 0 Å². The van der Waals surface area contributed by atoms with E-state index in [4.69, 9.17) is 0 Å². The smallest absolute Gasteiger partial charge is 0.164 e. The number of rotatable bonds is 4. The summed E-state index contributed by atoms with van der Waals surface area (Å²) in [5.41, 5.74) is 3.92. The molecule has 0 atom stereocenters. The van der Waals surface area contributed by atoms with Crippen LogP contribution < -0.4 is 0 Å². The van der Waals surface area contributed by atoms with Crippen LogP contribution in [0.5, 0.6) is 0 Å². The molecule has 0 saturated heterocycles. The molecule has 5 rings (SSSR count). The van der Waals surface area contributed by atoms with Gasteiger partial charge in [-0.25, -0.2) is 20.0 Å². The second kappa shape index (κ2) is 8.49. The minimum atomic E-state index is -0.262. The van der Waals surface area contributed by atoms with E-state index in [1.165, 1.54) is 27.7 Å². The lowest BCUT2D eigenvalue weighted by Crippen LogP contribution is -2.12. The van der Waals surface area contributed by atoms with Crippen molar-refractivity contribution < 1.29 is 19.2 Å². The number of ketones is 4. The summed E-state index contributed by atoms with van der Waals surface area (Å²) < 4.78 is 0. The van der Waals surface area contributed by atoms with E-state index < -0.39 is 0 Å². The summed E-state index contributed by atoms with van der Waals surface area (Å²) in [6.45, 7) is 5.65. The van der Waals surface area contributed by atoms with Gasteiger partial charge in [-0.3, -0.25) is 19.2 Å². The van der Waals surface area contributed by atoms with Crippen LogP contribution in [0, 0.1) is 0 Å². The Bertz CT molecular complexity index is 1370. The number of aliphatic imine (C=N–C) groups is 4. The summed E-state index contributed by atoms with van der Waals surface area (Å²) >= 11 is 0. The van der Waals surface area contributed by atoms with Crippen LogP contribution in [0.3, 0.4) is 0 Å². The van der Waals surface area contributed by atoms with E-state index >= 15 is 0 Å². The monoisotopic (exact) mass is 476 g/mol. The van der Waals surface area contributed by atoms with E-state index in [2.05, 4.69) is 20.0 Å². The van der Waals surface area contributed by atoms with Gasteiger partial charge in [-0.2, -0.15) is 0 Å². The summed E-state index contributed by atoms with van der Waals surface area (Å²) in [6, 6.07) is 0. The molecule has 0 fully saturated rings. The van der Waals surface area contributed by atoms with Gasteiger partial charge in [0.25, 0.3) is 0 Å². The summed E-state index contributed by atoms with van der Waals surface area (Å²) in [4.78, 5) is 68.9. The molecule has 0 aliphatic carbocycles. The van der Waals surface area contributed by atoms with Gasteiger partial charge < -0.3 is 0 Å². The molecule has 5 heterocycles. The van der Waals surface area contributed by atoms with Gasteiger partial charge in [0.1, 0.15) is 0 Å². The van der Waals surface area contributed by atoms with Crippen LogP contribution in [0.4, 0.5) is 0 Å².